The Morgan fingerprint density at radius 3 is 2.30 bits per heavy atom. The van der Waals surface area contributed by atoms with Gasteiger partial charge in [0.25, 0.3) is 0 Å². The van der Waals surface area contributed by atoms with Crippen LogP contribution in [0.3, 0.4) is 0 Å². The number of aryl methyl sites for hydroxylation is 1. The number of hydrogen-bond acceptors (Lipinski definition) is 2. The molecule has 0 fully saturated rings. The standard InChI is InChI=1S/C18H22S2/c1-9-7-15-17(13(5)11(9)3)20-16-8-10(2)12(4)14(6)18(16)19-15/h7-8,15,17H,1-6H3. The molecule has 2 atom stereocenters. The van der Waals surface area contributed by atoms with Crippen LogP contribution < -0.4 is 0 Å². The summed E-state index contributed by atoms with van der Waals surface area (Å²) in [5.74, 6) is 0. The minimum absolute atomic E-state index is 0.594. The van der Waals surface area contributed by atoms with E-state index in [-0.39, 0.29) is 0 Å². The zero-order valence-corrected chi connectivity index (χ0v) is 14.8. The number of thioether (sulfide) groups is 2. The van der Waals surface area contributed by atoms with Gasteiger partial charge in [-0.2, -0.15) is 0 Å². The summed E-state index contributed by atoms with van der Waals surface area (Å²) in [6.45, 7) is 13.6. The van der Waals surface area contributed by atoms with E-state index in [1.807, 2.05) is 0 Å². The van der Waals surface area contributed by atoms with E-state index in [0.717, 1.165) is 0 Å². The maximum Gasteiger partial charge on any atom is 0.0464 e. The molecule has 2 unspecified atom stereocenters. The van der Waals surface area contributed by atoms with Crippen molar-refractivity contribution in [1.82, 2.24) is 0 Å². The lowest BCUT2D eigenvalue weighted by Gasteiger charge is -2.36. The van der Waals surface area contributed by atoms with E-state index in [1.165, 1.54) is 37.6 Å². The zero-order valence-electron chi connectivity index (χ0n) is 13.1. The molecule has 1 aromatic carbocycles. The van der Waals surface area contributed by atoms with Crippen LogP contribution in [0.25, 0.3) is 0 Å². The van der Waals surface area contributed by atoms with Gasteiger partial charge in [-0.25, -0.2) is 0 Å². The van der Waals surface area contributed by atoms with Gasteiger partial charge < -0.3 is 0 Å². The van der Waals surface area contributed by atoms with Gasteiger partial charge in [0.1, 0.15) is 0 Å². The predicted molar refractivity (Wildman–Crippen MR) is 92.1 cm³/mol. The lowest BCUT2D eigenvalue weighted by atomic mass is 9.93. The molecule has 3 rings (SSSR count). The molecule has 0 spiro atoms. The SMILES string of the molecule is CC1=CC2Sc3c(cc(C)c(C)c3C)SC2C(C)=C1C. The molecule has 0 bridgehead atoms. The van der Waals surface area contributed by atoms with Crippen molar-refractivity contribution in [3.63, 3.8) is 0 Å². The predicted octanol–water partition coefficient (Wildman–Crippen LogP) is 5.84. The molecule has 0 aromatic heterocycles. The van der Waals surface area contributed by atoms with Crippen molar-refractivity contribution in [3.8, 4) is 0 Å². The number of rotatable bonds is 0. The van der Waals surface area contributed by atoms with Crippen LogP contribution >= 0.6 is 23.5 Å². The van der Waals surface area contributed by atoms with E-state index >= 15 is 0 Å². The molecule has 20 heavy (non-hydrogen) atoms. The third kappa shape index (κ3) is 2.08. The summed E-state index contributed by atoms with van der Waals surface area (Å²) in [4.78, 5) is 2.99. The van der Waals surface area contributed by atoms with Crippen molar-refractivity contribution in [2.45, 2.75) is 61.8 Å². The molecule has 0 nitrogen and oxygen atoms in total. The van der Waals surface area contributed by atoms with E-state index in [2.05, 4.69) is 77.2 Å². The number of benzene rings is 1. The Labute approximate surface area is 131 Å². The summed E-state index contributed by atoms with van der Waals surface area (Å²) in [5.41, 5.74) is 8.87. The third-order valence-corrected chi connectivity index (χ3v) is 8.12. The van der Waals surface area contributed by atoms with Gasteiger partial charge in [-0.3, -0.25) is 0 Å². The summed E-state index contributed by atoms with van der Waals surface area (Å²) < 4.78 is 0. The highest BCUT2D eigenvalue weighted by Gasteiger charge is 2.34. The van der Waals surface area contributed by atoms with Crippen molar-refractivity contribution in [2.24, 2.45) is 0 Å². The van der Waals surface area contributed by atoms with Crippen molar-refractivity contribution in [2.75, 3.05) is 0 Å². The summed E-state index contributed by atoms with van der Waals surface area (Å²) in [5, 5.41) is 1.20. The van der Waals surface area contributed by atoms with Crippen LogP contribution in [0.2, 0.25) is 0 Å². The van der Waals surface area contributed by atoms with Crippen LogP contribution in [0.4, 0.5) is 0 Å². The van der Waals surface area contributed by atoms with Gasteiger partial charge in [0.2, 0.25) is 0 Å². The minimum Gasteiger partial charge on any atom is -0.116 e. The van der Waals surface area contributed by atoms with Crippen molar-refractivity contribution in [1.29, 1.82) is 0 Å². The first-order valence-corrected chi connectivity index (χ1v) is 8.96. The lowest BCUT2D eigenvalue weighted by Crippen LogP contribution is -2.27. The second-order valence-corrected chi connectivity index (χ2v) is 8.42. The molecule has 1 aliphatic heterocycles. The van der Waals surface area contributed by atoms with Gasteiger partial charge >= 0.3 is 0 Å². The van der Waals surface area contributed by atoms with Gasteiger partial charge in [-0.05, 0) is 69.9 Å². The molecular weight excluding hydrogens is 280 g/mol. The summed E-state index contributed by atoms with van der Waals surface area (Å²) >= 11 is 4.14. The van der Waals surface area contributed by atoms with E-state index < -0.39 is 0 Å². The molecular formula is C18H22S2. The zero-order chi connectivity index (χ0) is 14.6. The minimum atomic E-state index is 0.594. The second kappa shape index (κ2) is 4.99. The van der Waals surface area contributed by atoms with E-state index in [4.69, 9.17) is 0 Å². The fourth-order valence-electron chi connectivity index (χ4n) is 3.01. The molecule has 0 N–H and O–H groups in total. The molecule has 1 aromatic rings. The van der Waals surface area contributed by atoms with E-state index in [1.54, 1.807) is 5.57 Å². The van der Waals surface area contributed by atoms with Gasteiger partial charge in [0.15, 0.2) is 0 Å². The fourth-order valence-corrected chi connectivity index (χ4v) is 6.35. The van der Waals surface area contributed by atoms with Crippen molar-refractivity contribution in [3.05, 3.63) is 45.6 Å². The van der Waals surface area contributed by atoms with Crippen molar-refractivity contribution >= 4 is 23.5 Å². The highest BCUT2D eigenvalue weighted by atomic mass is 32.2. The molecule has 0 saturated heterocycles. The maximum absolute atomic E-state index is 2.47. The molecule has 2 aliphatic rings. The van der Waals surface area contributed by atoms with Crippen LogP contribution in [0, 0.1) is 20.8 Å². The van der Waals surface area contributed by atoms with Crippen LogP contribution in [0.5, 0.6) is 0 Å². The Bertz CT molecular complexity index is 650. The Morgan fingerprint density at radius 2 is 1.60 bits per heavy atom. The van der Waals surface area contributed by atoms with E-state index in [0.29, 0.717) is 10.5 Å². The lowest BCUT2D eigenvalue weighted by molar-refractivity contribution is 0.926. The third-order valence-electron chi connectivity index (χ3n) is 4.90. The van der Waals surface area contributed by atoms with Gasteiger partial charge in [0, 0.05) is 20.3 Å². The Balaban J connectivity index is 2.11. The van der Waals surface area contributed by atoms with Crippen LogP contribution in [-0.2, 0) is 0 Å². The monoisotopic (exact) mass is 302 g/mol. The average molecular weight is 303 g/mol. The number of hydrogen-bond donors (Lipinski definition) is 0. The first kappa shape index (κ1) is 14.3. The van der Waals surface area contributed by atoms with Gasteiger partial charge in [-0.1, -0.05) is 17.2 Å². The van der Waals surface area contributed by atoms with Gasteiger partial charge in [-0.15, -0.1) is 23.5 Å². The quantitative estimate of drug-likeness (QED) is 0.590. The molecule has 106 valence electrons. The fraction of sp³-hybridized carbons (Fsp3) is 0.444. The highest BCUT2D eigenvalue weighted by Crippen LogP contribution is 2.52. The van der Waals surface area contributed by atoms with Crippen LogP contribution in [0.15, 0.2) is 38.7 Å². The Kier molecular flexibility index (Phi) is 3.58. The summed E-state index contributed by atoms with van der Waals surface area (Å²) in [6.07, 6.45) is 2.47. The molecule has 2 heteroatoms. The smallest absolute Gasteiger partial charge is 0.0464 e. The normalized spacial score (nSPS) is 25.2. The molecule has 1 heterocycles. The van der Waals surface area contributed by atoms with E-state index in [9.17, 15) is 0 Å². The molecule has 1 aliphatic carbocycles. The molecule has 0 amide bonds. The molecule has 0 radical (unpaired) electrons. The summed E-state index contributed by atoms with van der Waals surface area (Å²) in [7, 11) is 0. The Hall–Kier alpha value is -0.600. The summed E-state index contributed by atoms with van der Waals surface area (Å²) in [6, 6.07) is 2.39. The maximum atomic E-state index is 2.47. The first-order valence-electron chi connectivity index (χ1n) is 7.20. The van der Waals surface area contributed by atoms with Crippen LogP contribution in [0.1, 0.15) is 37.5 Å². The highest BCUT2D eigenvalue weighted by molar-refractivity contribution is 8.06. The largest absolute Gasteiger partial charge is 0.116 e. The first-order chi connectivity index (χ1) is 9.40. The number of fused-ring (bicyclic) bond motifs is 2. The Morgan fingerprint density at radius 1 is 0.900 bits per heavy atom. The second-order valence-electron chi connectivity index (χ2n) is 6.05. The number of allylic oxidation sites excluding steroid dienone is 2. The van der Waals surface area contributed by atoms with Gasteiger partial charge in [0.05, 0.1) is 0 Å². The van der Waals surface area contributed by atoms with Crippen molar-refractivity contribution < 1.29 is 0 Å². The van der Waals surface area contributed by atoms with Crippen LogP contribution in [-0.4, -0.2) is 10.5 Å². The topological polar surface area (TPSA) is 0 Å². The average Bonchev–Trinajstić information content (AvgIpc) is 2.42. The molecule has 0 saturated carbocycles.